The third kappa shape index (κ3) is 68.8. The van der Waals surface area contributed by atoms with Gasteiger partial charge in [-0.05, 0) is 44.9 Å². The Kier molecular flexibility index (Phi) is 69.0. The molecule has 0 aliphatic rings. The van der Waals surface area contributed by atoms with E-state index in [0.29, 0.717) is 19.3 Å². The summed E-state index contributed by atoms with van der Waals surface area (Å²) in [5.74, 6) is -0.846. The van der Waals surface area contributed by atoms with Crippen LogP contribution < -0.4 is 0 Å². The molecule has 0 saturated heterocycles. The Morgan fingerprint density at radius 1 is 0.235 bits per heavy atom. The van der Waals surface area contributed by atoms with Crippen LogP contribution >= 0.6 is 0 Å². The fraction of sp³-hybridized carbons (Fsp3) is 0.933. The molecule has 480 valence electrons. The number of hydrogen-bond acceptors (Lipinski definition) is 6. The maximum absolute atomic E-state index is 12.9. The van der Waals surface area contributed by atoms with E-state index in [1.165, 1.54) is 327 Å². The maximum atomic E-state index is 12.9. The standard InChI is InChI=1S/C75H144O6/c1-4-7-10-13-15-17-19-21-23-25-27-29-31-33-35-36-37-38-40-41-43-45-47-49-51-53-55-57-59-62-65-68-74(77)80-71-72(70-79-73(76)67-64-61-12-9-6-3)81-75(78)69-66-63-60-58-56-54-52-50-48-46-44-42-39-34-32-30-28-26-24-22-20-18-16-14-11-8-5-2/h26,28,72H,4-25,27,29-71H2,1-3H3/b28-26-. The molecule has 1 atom stereocenters. The Morgan fingerprint density at radius 2 is 0.407 bits per heavy atom. The third-order valence-corrected chi connectivity index (χ3v) is 17.3. The van der Waals surface area contributed by atoms with Crippen molar-refractivity contribution in [3.63, 3.8) is 0 Å². The number of carbonyl (C=O) groups excluding carboxylic acids is 3. The SMILES string of the molecule is CCCCCCCCCC/C=C\CCCCCCCCCCCCCCCCCC(=O)OC(COC(=O)CCCCCCC)COC(=O)CCCCCCCCCCCCCCCCCCCCCCCCCCCCCCCCC. The number of esters is 3. The van der Waals surface area contributed by atoms with Crippen LogP contribution in [0.5, 0.6) is 0 Å². The molecule has 6 nitrogen and oxygen atoms in total. The summed E-state index contributed by atoms with van der Waals surface area (Å²) in [5.41, 5.74) is 0. The highest BCUT2D eigenvalue weighted by Crippen LogP contribution is 2.20. The quantitative estimate of drug-likeness (QED) is 0.0261. The number of unbranched alkanes of at least 4 members (excludes halogenated alkanes) is 57. The molecule has 6 heteroatoms. The van der Waals surface area contributed by atoms with Crippen LogP contribution in [0.2, 0.25) is 0 Å². The Balaban J connectivity index is 3.87. The molecule has 0 bridgehead atoms. The van der Waals surface area contributed by atoms with Gasteiger partial charge in [-0.2, -0.15) is 0 Å². The number of rotatable bonds is 70. The molecular formula is C75H144O6. The van der Waals surface area contributed by atoms with Gasteiger partial charge in [0.2, 0.25) is 0 Å². The molecule has 0 aromatic carbocycles. The lowest BCUT2D eigenvalue weighted by Crippen LogP contribution is -2.30. The van der Waals surface area contributed by atoms with E-state index >= 15 is 0 Å². The monoisotopic (exact) mass is 1140 g/mol. The lowest BCUT2D eigenvalue weighted by atomic mass is 10.0. The molecule has 0 rings (SSSR count). The zero-order valence-electron chi connectivity index (χ0n) is 55.4. The number of ether oxygens (including phenoxy) is 3. The van der Waals surface area contributed by atoms with Crippen molar-refractivity contribution in [3.8, 4) is 0 Å². The van der Waals surface area contributed by atoms with Gasteiger partial charge in [-0.1, -0.05) is 380 Å². The summed E-state index contributed by atoms with van der Waals surface area (Å²) in [5, 5.41) is 0. The van der Waals surface area contributed by atoms with E-state index in [9.17, 15) is 14.4 Å². The average Bonchev–Trinajstić information content (AvgIpc) is 3.47. The van der Waals surface area contributed by atoms with Crippen LogP contribution in [0.25, 0.3) is 0 Å². The highest BCUT2D eigenvalue weighted by Gasteiger charge is 2.20. The summed E-state index contributed by atoms with van der Waals surface area (Å²) in [6.07, 6.45) is 86.1. The van der Waals surface area contributed by atoms with Crippen LogP contribution in [-0.4, -0.2) is 37.2 Å². The number of carbonyl (C=O) groups is 3. The fourth-order valence-electron chi connectivity index (χ4n) is 11.7. The minimum atomic E-state index is -0.764. The van der Waals surface area contributed by atoms with Gasteiger partial charge in [0, 0.05) is 19.3 Å². The van der Waals surface area contributed by atoms with Crippen molar-refractivity contribution < 1.29 is 28.6 Å². The normalized spacial score (nSPS) is 12.0. The summed E-state index contributed by atoms with van der Waals surface area (Å²) >= 11 is 0. The van der Waals surface area contributed by atoms with Crippen molar-refractivity contribution in [2.75, 3.05) is 13.2 Å². The summed E-state index contributed by atoms with van der Waals surface area (Å²) in [7, 11) is 0. The second kappa shape index (κ2) is 70.6. The van der Waals surface area contributed by atoms with Crippen LogP contribution in [0, 0.1) is 0 Å². The van der Waals surface area contributed by atoms with Crippen LogP contribution in [0.4, 0.5) is 0 Å². The van der Waals surface area contributed by atoms with E-state index < -0.39 is 6.10 Å². The van der Waals surface area contributed by atoms with Gasteiger partial charge < -0.3 is 14.2 Å². The van der Waals surface area contributed by atoms with E-state index in [0.717, 1.165) is 64.2 Å². The Hall–Kier alpha value is -1.85. The number of allylic oxidation sites excluding steroid dienone is 2. The van der Waals surface area contributed by atoms with Gasteiger partial charge in [-0.3, -0.25) is 14.4 Å². The lowest BCUT2D eigenvalue weighted by Gasteiger charge is -2.18. The van der Waals surface area contributed by atoms with Crippen molar-refractivity contribution in [1.82, 2.24) is 0 Å². The van der Waals surface area contributed by atoms with Gasteiger partial charge in [-0.25, -0.2) is 0 Å². The third-order valence-electron chi connectivity index (χ3n) is 17.3. The first-order chi connectivity index (χ1) is 40.0. The molecule has 0 fully saturated rings. The second-order valence-corrected chi connectivity index (χ2v) is 25.6. The zero-order valence-corrected chi connectivity index (χ0v) is 55.4. The molecule has 0 amide bonds. The largest absolute Gasteiger partial charge is 0.462 e. The second-order valence-electron chi connectivity index (χ2n) is 25.6. The van der Waals surface area contributed by atoms with Gasteiger partial charge in [0.05, 0.1) is 0 Å². The van der Waals surface area contributed by atoms with E-state index in [1.807, 2.05) is 0 Å². The predicted octanol–water partition coefficient (Wildman–Crippen LogP) is 25.6. The van der Waals surface area contributed by atoms with Gasteiger partial charge in [0.25, 0.3) is 0 Å². The summed E-state index contributed by atoms with van der Waals surface area (Å²) in [6.45, 7) is 6.64. The summed E-state index contributed by atoms with van der Waals surface area (Å²) in [4.78, 5) is 38.0. The van der Waals surface area contributed by atoms with Crippen molar-refractivity contribution in [2.24, 2.45) is 0 Å². The van der Waals surface area contributed by atoms with Crippen LogP contribution in [0.1, 0.15) is 432 Å². The molecule has 0 aliphatic carbocycles. The molecule has 1 unspecified atom stereocenters. The zero-order chi connectivity index (χ0) is 58.5. The van der Waals surface area contributed by atoms with Crippen LogP contribution in [-0.2, 0) is 28.6 Å². The highest BCUT2D eigenvalue weighted by atomic mass is 16.6. The van der Waals surface area contributed by atoms with E-state index in [1.54, 1.807) is 0 Å². The molecular weight excluding hydrogens is 997 g/mol. The lowest BCUT2D eigenvalue weighted by molar-refractivity contribution is -0.167. The summed E-state index contributed by atoms with van der Waals surface area (Å²) in [6, 6.07) is 0. The highest BCUT2D eigenvalue weighted by molar-refractivity contribution is 5.71. The topological polar surface area (TPSA) is 78.9 Å². The van der Waals surface area contributed by atoms with Crippen molar-refractivity contribution in [1.29, 1.82) is 0 Å². The van der Waals surface area contributed by atoms with Crippen molar-refractivity contribution in [2.45, 2.75) is 438 Å². The van der Waals surface area contributed by atoms with Gasteiger partial charge in [0.15, 0.2) is 6.10 Å². The maximum Gasteiger partial charge on any atom is 0.306 e. The molecule has 0 aliphatic heterocycles. The molecule has 0 radical (unpaired) electrons. The predicted molar refractivity (Wildman–Crippen MR) is 353 cm³/mol. The fourth-order valence-corrected chi connectivity index (χ4v) is 11.7. The Morgan fingerprint density at radius 3 is 0.617 bits per heavy atom. The van der Waals surface area contributed by atoms with Crippen molar-refractivity contribution in [3.05, 3.63) is 12.2 Å². The Labute approximate surface area is 507 Å². The first-order valence-corrected chi connectivity index (χ1v) is 37.2. The van der Waals surface area contributed by atoms with E-state index in [-0.39, 0.29) is 31.1 Å². The first-order valence-electron chi connectivity index (χ1n) is 37.2. The van der Waals surface area contributed by atoms with E-state index in [4.69, 9.17) is 14.2 Å². The molecule has 0 aromatic rings. The molecule has 0 aromatic heterocycles. The molecule has 81 heavy (non-hydrogen) atoms. The molecule has 0 spiro atoms. The van der Waals surface area contributed by atoms with Gasteiger partial charge in [0.1, 0.15) is 13.2 Å². The van der Waals surface area contributed by atoms with Gasteiger partial charge >= 0.3 is 17.9 Å². The molecule has 0 N–H and O–H groups in total. The Bertz CT molecular complexity index is 1260. The molecule has 0 saturated carbocycles. The van der Waals surface area contributed by atoms with E-state index in [2.05, 4.69) is 32.9 Å². The minimum absolute atomic E-state index is 0.0640. The van der Waals surface area contributed by atoms with Crippen LogP contribution in [0.15, 0.2) is 12.2 Å². The minimum Gasteiger partial charge on any atom is -0.462 e. The van der Waals surface area contributed by atoms with Gasteiger partial charge in [-0.15, -0.1) is 0 Å². The van der Waals surface area contributed by atoms with Crippen LogP contribution in [0.3, 0.4) is 0 Å². The smallest absolute Gasteiger partial charge is 0.306 e. The van der Waals surface area contributed by atoms with Crippen molar-refractivity contribution >= 4 is 17.9 Å². The first kappa shape index (κ1) is 79.2. The number of hydrogen-bond donors (Lipinski definition) is 0. The average molecular weight is 1140 g/mol. The molecule has 0 heterocycles. The summed E-state index contributed by atoms with van der Waals surface area (Å²) < 4.78 is 16.8.